The average Bonchev–Trinajstić information content (AvgIpc) is 3.23. The molecule has 0 radical (unpaired) electrons. The van der Waals surface area contributed by atoms with E-state index >= 15 is 0 Å². The highest BCUT2D eigenvalue weighted by Crippen LogP contribution is 2.36. The number of aromatic hydroxyl groups is 1. The number of phenolic OH excluding ortho intramolecular Hbond substituents is 1. The second-order valence-corrected chi connectivity index (χ2v) is 6.63. The molecule has 4 aromatic rings. The summed E-state index contributed by atoms with van der Waals surface area (Å²) in [4.78, 5) is 8.61. The highest BCUT2D eigenvalue weighted by atomic mass is 16.3. The van der Waals surface area contributed by atoms with Gasteiger partial charge in [-0.15, -0.1) is 0 Å². The zero-order valence-electron chi connectivity index (χ0n) is 14.0. The minimum atomic E-state index is 0.189. The fraction of sp³-hybridized carbons (Fsp3) is 0.150. The van der Waals surface area contributed by atoms with Crippen LogP contribution in [-0.4, -0.2) is 24.9 Å². The van der Waals surface area contributed by atoms with Gasteiger partial charge in [0.15, 0.2) is 5.65 Å². The summed E-state index contributed by atoms with van der Waals surface area (Å²) >= 11 is 0. The Morgan fingerprint density at radius 1 is 1.00 bits per heavy atom. The lowest BCUT2D eigenvalue weighted by atomic mass is 10.1. The van der Waals surface area contributed by atoms with E-state index in [0.717, 1.165) is 29.4 Å². The Hall–Kier alpha value is -3.41. The van der Waals surface area contributed by atoms with Gasteiger partial charge < -0.3 is 10.8 Å². The summed E-state index contributed by atoms with van der Waals surface area (Å²) in [7, 11) is 0. The molecule has 0 saturated heterocycles. The number of fused-ring (bicyclic) bond motifs is 2. The zero-order valence-corrected chi connectivity index (χ0v) is 14.0. The smallest absolute Gasteiger partial charge is 0.164 e. The van der Waals surface area contributed by atoms with Crippen LogP contribution in [0.3, 0.4) is 0 Å². The van der Waals surface area contributed by atoms with Crippen molar-refractivity contribution in [1.29, 1.82) is 0 Å². The molecule has 0 unspecified atom stereocenters. The van der Waals surface area contributed by atoms with E-state index in [4.69, 9.17) is 10.8 Å². The Bertz CT molecular complexity index is 1110. The van der Waals surface area contributed by atoms with Gasteiger partial charge >= 0.3 is 0 Å². The van der Waals surface area contributed by atoms with Crippen molar-refractivity contribution in [2.45, 2.75) is 18.9 Å². The van der Waals surface area contributed by atoms with E-state index in [2.05, 4.69) is 34.2 Å². The van der Waals surface area contributed by atoms with Gasteiger partial charge in [-0.3, -0.25) is 0 Å². The average molecular weight is 343 g/mol. The van der Waals surface area contributed by atoms with Crippen LogP contribution in [0.4, 0.5) is 5.82 Å². The molecule has 6 heteroatoms. The molecule has 2 aromatic carbocycles. The molecule has 1 aliphatic carbocycles. The highest BCUT2D eigenvalue weighted by Gasteiger charge is 2.27. The fourth-order valence-electron chi connectivity index (χ4n) is 3.81. The van der Waals surface area contributed by atoms with Crippen LogP contribution in [0.2, 0.25) is 0 Å². The topological polar surface area (TPSA) is 89.8 Å². The first-order chi connectivity index (χ1) is 12.7. The molecule has 0 atom stereocenters. The van der Waals surface area contributed by atoms with Crippen molar-refractivity contribution in [3.05, 3.63) is 66.0 Å². The number of benzene rings is 2. The quantitative estimate of drug-likeness (QED) is 0.584. The van der Waals surface area contributed by atoms with E-state index in [1.165, 1.54) is 17.5 Å². The van der Waals surface area contributed by atoms with Crippen LogP contribution in [0.15, 0.2) is 54.9 Å². The maximum absolute atomic E-state index is 9.86. The van der Waals surface area contributed by atoms with Crippen molar-refractivity contribution in [2.24, 2.45) is 0 Å². The van der Waals surface area contributed by atoms with Crippen molar-refractivity contribution < 1.29 is 5.11 Å². The molecule has 2 aromatic heterocycles. The second kappa shape index (κ2) is 5.56. The molecule has 1 aliphatic rings. The van der Waals surface area contributed by atoms with Crippen molar-refractivity contribution in [1.82, 2.24) is 19.7 Å². The lowest BCUT2D eigenvalue weighted by Gasteiger charge is -2.10. The van der Waals surface area contributed by atoms with Crippen LogP contribution in [0.1, 0.15) is 17.2 Å². The van der Waals surface area contributed by atoms with Gasteiger partial charge in [0, 0.05) is 5.56 Å². The van der Waals surface area contributed by atoms with Gasteiger partial charge in [-0.1, -0.05) is 36.4 Å². The van der Waals surface area contributed by atoms with E-state index in [9.17, 15) is 5.11 Å². The van der Waals surface area contributed by atoms with E-state index in [1.54, 1.807) is 18.2 Å². The minimum Gasteiger partial charge on any atom is -0.508 e. The maximum Gasteiger partial charge on any atom is 0.164 e. The number of phenols is 1. The van der Waals surface area contributed by atoms with Crippen LogP contribution in [-0.2, 0) is 12.8 Å². The summed E-state index contributed by atoms with van der Waals surface area (Å²) in [6, 6.07) is 15.7. The summed E-state index contributed by atoms with van der Waals surface area (Å²) in [5.41, 5.74) is 11.1. The second-order valence-electron chi connectivity index (χ2n) is 6.63. The summed E-state index contributed by atoms with van der Waals surface area (Å²) in [6.45, 7) is 0. The number of hydrogen-bond donors (Lipinski definition) is 2. The number of anilines is 1. The van der Waals surface area contributed by atoms with Gasteiger partial charge in [-0.05, 0) is 36.1 Å². The number of nitrogens with two attached hydrogens (primary N) is 1. The summed E-state index contributed by atoms with van der Waals surface area (Å²) in [5, 5.41) is 15.4. The van der Waals surface area contributed by atoms with Gasteiger partial charge in [0.25, 0.3) is 0 Å². The summed E-state index contributed by atoms with van der Waals surface area (Å²) in [5.74, 6) is 0.587. The van der Waals surface area contributed by atoms with E-state index < -0.39 is 0 Å². The Morgan fingerprint density at radius 3 is 2.50 bits per heavy atom. The third-order valence-electron chi connectivity index (χ3n) is 5.01. The van der Waals surface area contributed by atoms with Crippen molar-refractivity contribution in [2.75, 3.05) is 5.73 Å². The molecule has 0 spiro atoms. The van der Waals surface area contributed by atoms with Gasteiger partial charge in [-0.2, -0.15) is 5.10 Å². The first-order valence-electron chi connectivity index (χ1n) is 8.55. The molecule has 2 heterocycles. The van der Waals surface area contributed by atoms with Gasteiger partial charge in [0.1, 0.15) is 23.6 Å². The van der Waals surface area contributed by atoms with Crippen molar-refractivity contribution >= 4 is 16.9 Å². The maximum atomic E-state index is 9.86. The van der Waals surface area contributed by atoms with Gasteiger partial charge in [0.05, 0.1) is 11.4 Å². The van der Waals surface area contributed by atoms with Crippen LogP contribution in [0, 0.1) is 0 Å². The third kappa shape index (κ3) is 2.23. The predicted molar refractivity (Wildman–Crippen MR) is 99.7 cm³/mol. The summed E-state index contributed by atoms with van der Waals surface area (Å²) in [6.07, 6.45) is 3.30. The molecular weight excluding hydrogens is 326 g/mol. The van der Waals surface area contributed by atoms with Crippen LogP contribution in [0.5, 0.6) is 5.75 Å². The molecule has 3 N–H and O–H groups in total. The van der Waals surface area contributed by atoms with E-state index in [-0.39, 0.29) is 11.8 Å². The standard InChI is InChI=1S/C20H17N5O/c21-19-17-18(14-6-3-7-16(26)10-14)24-25(20(17)23-11-22-19)15-8-12-4-1-2-5-13(12)9-15/h1-7,10-11,15,26H,8-9H2,(H2,21,22,23). The SMILES string of the molecule is Nc1ncnc2c1c(-c1cccc(O)c1)nn2C1Cc2ccccc2C1. The van der Waals surface area contributed by atoms with E-state index in [1.807, 2.05) is 10.7 Å². The van der Waals surface area contributed by atoms with Crippen molar-refractivity contribution in [3.63, 3.8) is 0 Å². The summed E-state index contributed by atoms with van der Waals surface area (Å²) < 4.78 is 1.97. The van der Waals surface area contributed by atoms with Gasteiger partial charge in [-0.25, -0.2) is 14.6 Å². The molecule has 0 aliphatic heterocycles. The Labute approximate surface area is 149 Å². The van der Waals surface area contributed by atoms with Gasteiger partial charge in [0.2, 0.25) is 0 Å². The first kappa shape index (κ1) is 14.9. The number of hydrogen-bond acceptors (Lipinski definition) is 5. The molecule has 6 nitrogen and oxygen atoms in total. The van der Waals surface area contributed by atoms with Crippen LogP contribution in [0.25, 0.3) is 22.3 Å². The number of rotatable bonds is 2. The third-order valence-corrected chi connectivity index (χ3v) is 5.01. The molecule has 128 valence electrons. The number of nitrogens with zero attached hydrogens (tertiary/aromatic N) is 4. The first-order valence-corrected chi connectivity index (χ1v) is 8.55. The minimum absolute atomic E-state index is 0.189. The Balaban J connectivity index is 1.69. The van der Waals surface area contributed by atoms with Crippen LogP contribution < -0.4 is 5.73 Å². The molecule has 0 bridgehead atoms. The fourth-order valence-corrected chi connectivity index (χ4v) is 3.81. The largest absolute Gasteiger partial charge is 0.508 e. The predicted octanol–water partition coefficient (Wildman–Crippen LogP) is 3.12. The molecule has 0 amide bonds. The normalized spacial score (nSPS) is 14.0. The van der Waals surface area contributed by atoms with E-state index in [0.29, 0.717) is 11.5 Å². The Morgan fingerprint density at radius 2 is 1.77 bits per heavy atom. The molecule has 0 saturated carbocycles. The molecular formula is C20H17N5O. The van der Waals surface area contributed by atoms with Crippen molar-refractivity contribution in [3.8, 4) is 17.0 Å². The monoisotopic (exact) mass is 343 g/mol. The number of nitrogen functional groups attached to an aromatic ring is 1. The number of aromatic nitrogens is 4. The van der Waals surface area contributed by atoms with Crippen LogP contribution >= 0.6 is 0 Å². The lowest BCUT2D eigenvalue weighted by molar-refractivity contribution is 0.475. The molecule has 26 heavy (non-hydrogen) atoms. The zero-order chi connectivity index (χ0) is 17.7. The Kier molecular flexibility index (Phi) is 3.18. The molecule has 0 fully saturated rings. The molecule has 5 rings (SSSR count). The highest BCUT2D eigenvalue weighted by molar-refractivity contribution is 5.98. The lowest BCUT2D eigenvalue weighted by Crippen LogP contribution is -2.11.